The molecule has 20 heavy (non-hydrogen) atoms. The van der Waals surface area contributed by atoms with Gasteiger partial charge in [-0.05, 0) is 69.6 Å². The van der Waals surface area contributed by atoms with Gasteiger partial charge in [-0.3, -0.25) is 4.79 Å². The van der Waals surface area contributed by atoms with Gasteiger partial charge in [0.15, 0.2) is 0 Å². The highest BCUT2D eigenvalue weighted by Crippen LogP contribution is 2.56. The van der Waals surface area contributed by atoms with Gasteiger partial charge in [-0.2, -0.15) is 0 Å². The molecule has 1 N–H and O–H groups in total. The van der Waals surface area contributed by atoms with Crippen LogP contribution in [0.2, 0.25) is 0 Å². The Kier molecular flexibility index (Phi) is 3.10. The molecular weight excluding hydrogens is 248 g/mol. The molecule has 4 saturated carbocycles. The maximum absolute atomic E-state index is 13.1. The molecule has 0 aromatic carbocycles. The van der Waals surface area contributed by atoms with E-state index < -0.39 is 0 Å². The molecule has 1 heterocycles. The fraction of sp³-hybridized carbons (Fsp3) is 0.941. The summed E-state index contributed by atoms with van der Waals surface area (Å²) in [6.45, 7) is 6.30. The number of amides is 1. The zero-order chi connectivity index (χ0) is 13.9. The fourth-order valence-corrected chi connectivity index (χ4v) is 5.89. The lowest BCUT2D eigenvalue weighted by atomic mass is 9.51. The van der Waals surface area contributed by atoms with Gasteiger partial charge in [-0.15, -0.1) is 0 Å². The minimum absolute atomic E-state index is 0.355. The van der Waals surface area contributed by atoms with Gasteiger partial charge in [0.2, 0.25) is 5.91 Å². The molecule has 0 aromatic rings. The second kappa shape index (κ2) is 4.72. The van der Waals surface area contributed by atoms with Crippen molar-refractivity contribution in [2.75, 3.05) is 13.1 Å². The van der Waals surface area contributed by atoms with Crippen molar-refractivity contribution in [3.63, 3.8) is 0 Å². The number of carbonyl (C=O) groups is 1. The summed E-state index contributed by atoms with van der Waals surface area (Å²) in [6.07, 6.45) is 6.85. The highest BCUT2D eigenvalue weighted by molar-refractivity contribution is 5.80. The van der Waals surface area contributed by atoms with E-state index in [-0.39, 0.29) is 0 Å². The van der Waals surface area contributed by atoms with Gasteiger partial charge in [0.25, 0.3) is 0 Å². The minimum atomic E-state index is 0.355. The van der Waals surface area contributed by atoms with E-state index in [0.717, 1.165) is 36.8 Å². The zero-order valence-corrected chi connectivity index (χ0v) is 12.8. The first-order valence-electron chi connectivity index (χ1n) is 8.67. The van der Waals surface area contributed by atoms with Crippen molar-refractivity contribution in [2.45, 2.75) is 58.0 Å². The molecule has 5 rings (SSSR count). The number of hydrogen-bond acceptors (Lipinski definition) is 2. The van der Waals surface area contributed by atoms with E-state index in [2.05, 4.69) is 24.1 Å². The minimum Gasteiger partial charge on any atom is -0.337 e. The highest BCUT2D eigenvalue weighted by Gasteiger charge is 2.52. The topological polar surface area (TPSA) is 32.3 Å². The number of rotatable bonds is 1. The number of hydrogen-bond donors (Lipinski definition) is 1. The summed E-state index contributed by atoms with van der Waals surface area (Å²) in [6, 6.07) is 0.790. The molecule has 5 aliphatic rings. The molecule has 4 aliphatic carbocycles. The van der Waals surface area contributed by atoms with Crippen LogP contribution >= 0.6 is 0 Å². The Bertz CT molecular complexity index is 380. The number of nitrogens with one attached hydrogen (secondary N) is 1. The molecule has 0 aromatic heterocycles. The Morgan fingerprint density at radius 3 is 2.20 bits per heavy atom. The molecule has 0 radical (unpaired) electrons. The predicted octanol–water partition coefficient (Wildman–Crippen LogP) is 2.27. The summed E-state index contributed by atoms with van der Waals surface area (Å²) in [4.78, 5) is 15.3. The molecule has 2 unspecified atom stereocenters. The van der Waals surface area contributed by atoms with Crippen molar-refractivity contribution in [1.82, 2.24) is 10.2 Å². The SMILES string of the molecule is CC1NCCN(C(=O)C2C3CC4CC(C3)CC2C4)C1C. The van der Waals surface area contributed by atoms with E-state index in [1.807, 2.05) is 0 Å². The normalized spacial score (nSPS) is 50.5. The predicted molar refractivity (Wildman–Crippen MR) is 79.2 cm³/mol. The summed E-state index contributed by atoms with van der Waals surface area (Å²) in [7, 11) is 0. The van der Waals surface area contributed by atoms with Crippen LogP contribution in [-0.2, 0) is 4.79 Å². The van der Waals surface area contributed by atoms with Crippen molar-refractivity contribution in [1.29, 1.82) is 0 Å². The molecule has 2 atom stereocenters. The lowest BCUT2D eigenvalue weighted by molar-refractivity contribution is -0.152. The van der Waals surface area contributed by atoms with Crippen LogP contribution in [0.4, 0.5) is 0 Å². The van der Waals surface area contributed by atoms with Crippen LogP contribution in [0.5, 0.6) is 0 Å². The van der Waals surface area contributed by atoms with Crippen LogP contribution < -0.4 is 5.32 Å². The van der Waals surface area contributed by atoms with Crippen LogP contribution in [0.3, 0.4) is 0 Å². The van der Waals surface area contributed by atoms with Gasteiger partial charge < -0.3 is 10.2 Å². The van der Waals surface area contributed by atoms with E-state index in [1.165, 1.54) is 32.1 Å². The van der Waals surface area contributed by atoms with Gasteiger partial charge in [0.05, 0.1) is 0 Å². The first kappa shape index (κ1) is 13.1. The zero-order valence-electron chi connectivity index (χ0n) is 12.8. The lowest BCUT2D eigenvalue weighted by Crippen LogP contribution is -2.61. The first-order valence-corrected chi connectivity index (χ1v) is 8.67. The van der Waals surface area contributed by atoms with E-state index in [9.17, 15) is 4.79 Å². The number of piperazine rings is 1. The summed E-state index contributed by atoms with van der Waals surface area (Å²) in [5.74, 6) is 4.23. The average Bonchev–Trinajstić information content (AvgIpc) is 2.40. The van der Waals surface area contributed by atoms with Crippen LogP contribution in [0.15, 0.2) is 0 Å². The number of nitrogens with zero attached hydrogens (tertiary/aromatic N) is 1. The van der Waals surface area contributed by atoms with E-state index >= 15 is 0 Å². The van der Waals surface area contributed by atoms with Gasteiger partial charge in [0.1, 0.15) is 0 Å². The van der Waals surface area contributed by atoms with Gasteiger partial charge in [0, 0.05) is 31.1 Å². The maximum atomic E-state index is 13.1. The van der Waals surface area contributed by atoms with E-state index in [0.29, 0.717) is 23.9 Å². The fourth-order valence-electron chi connectivity index (χ4n) is 5.89. The monoisotopic (exact) mass is 276 g/mol. The van der Waals surface area contributed by atoms with Gasteiger partial charge in [-0.1, -0.05) is 0 Å². The Morgan fingerprint density at radius 2 is 1.60 bits per heavy atom. The van der Waals surface area contributed by atoms with Crippen molar-refractivity contribution >= 4 is 5.91 Å². The molecule has 4 bridgehead atoms. The quantitative estimate of drug-likeness (QED) is 0.797. The third-order valence-corrected chi connectivity index (χ3v) is 6.83. The standard InChI is InChI=1S/C17H28N2O/c1-10-11(2)19(4-3-18-10)17(20)16-14-6-12-5-13(8-14)9-15(16)7-12/h10-16,18H,3-9H2,1-2H3. The molecule has 0 spiro atoms. The summed E-state index contributed by atoms with van der Waals surface area (Å²) in [5, 5.41) is 3.49. The average molecular weight is 276 g/mol. The number of carbonyl (C=O) groups excluding carboxylic acids is 1. The third-order valence-electron chi connectivity index (χ3n) is 6.83. The summed E-state index contributed by atoms with van der Waals surface area (Å²) >= 11 is 0. The van der Waals surface area contributed by atoms with Crippen LogP contribution in [0.25, 0.3) is 0 Å². The van der Waals surface area contributed by atoms with Crippen molar-refractivity contribution in [2.24, 2.45) is 29.6 Å². The Labute approximate surface area is 122 Å². The van der Waals surface area contributed by atoms with Gasteiger partial charge >= 0.3 is 0 Å². The Balaban J connectivity index is 1.53. The molecular formula is C17H28N2O. The second-order valence-electron chi connectivity index (χ2n) is 7.97. The molecule has 1 saturated heterocycles. The molecule has 1 amide bonds. The van der Waals surface area contributed by atoms with Crippen LogP contribution in [0, 0.1) is 29.6 Å². The summed E-state index contributed by atoms with van der Waals surface area (Å²) in [5.41, 5.74) is 0. The molecule has 3 heteroatoms. The van der Waals surface area contributed by atoms with Crippen LogP contribution in [-0.4, -0.2) is 36.0 Å². The maximum Gasteiger partial charge on any atom is 0.226 e. The van der Waals surface area contributed by atoms with Crippen molar-refractivity contribution < 1.29 is 4.79 Å². The lowest BCUT2D eigenvalue weighted by Gasteiger charge is -2.55. The van der Waals surface area contributed by atoms with Crippen molar-refractivity contribution in [3.8, 4) is 0 Å². The highest BCUT2D eigenvalue weighted by atomic mass is 16.2. The van der Waals surface area contributed by atoms with E-state index in [1.54, 1.807) is 0 Å². The largest absolute Gasteiger partial charge is 0.337 e. The van der Waals surface area contributed by atoms with E-state index in [4.69, 9.17) is 0 Å². The third kappa shape index (κ3) is 1.93. The second-order valence-corrected chi connectivity index (χ2v) is 7.97. The smallest absolute Gasteiger partial charge is 0.226 e. The molecule has 112 valence electrons. The molecule has 3 nitrogen and oxygen atoms in total. The van der Waals surface area contributed by atoms with Gasteiger partial charge in [-0.25, -0.2) is 0 Å². The molecule has 1 aliphatic heterocycles. The Morgan fingerprint density at radius 1 is 1.00 bits per heavy atom. The Hall–Kier alpha value is -0.570. The molecule has 5 fully saturated rings. The van der Waals surface area contributed by atoms with Crippen molar-refractivity contribution in [3.05, 3.63) is 0 Å². The first-order chi connectivity index (χ1) is 9.63. The summed E-state index contributed by atoms with van der Waals surface area (Å²) < 4.78 is 0. The van der Waals surface area contributed by atoms with Crippen LogP contribution in [0.1, 0.15) is 46.0 Å².